The first kappa shape index (κ1) is 35.6. The molecule has 0 amide bonds. The molecule has 0 spiro atoms. The fourth-order valence-corrected chi connectivity index (χ4v) is 4.10. The van der Waals surface area contributed by atoms with Gasteiger partial charge in [-0.2, -0.15) is 0 Å². The zero-order valence-electron chi connectivity index (χ0n) is 24.8. The van der Waals surface area contributed by atoms with E-state index in [-0.39, 0.29) is 50.5 Å². The van der Waals surface area contributed by atoms with Gasteiger partial charge in [0.25, 0.3) is 0 Å². The molecule has 43 heavy (non-hydrogen) atoms. The summed E-state index contributed by atoms with van der Waals surface area (Å²) in [4.78, 5) is 23.8. The lowest BCUT2D eigenvalue weighted by atomic mass is 9.82. The predicted octanol–water partition coefficient (Wildman–Crippen LogP) is 3.84. The van der Waals surface area contributed by atoms with Crippen LogP contribution in [0.15, 0.2) is 66.8 Å². The van der Waals surface area contributed by atoms with Gasteiger partial charge in [-0.05, 0) is 53.8 Å². The Hall–Kier alpha value is -3.57. The minimum Gasteiger partial charge on any atom is -0.490 e. The van der Waals surface area contributed by atoms with Gasteiger partial charge in [-0.15, -0.1) is 0 Å². The minimum atomic E-state index is -1.66. The Bertz CT molecular complexity index is 1180. The molecule has 10 nitrogen and oxygen atoms in total. The number of hydrogen-bond acceptors (Lipinski definition) is 10. The second kappa shape index (κ2) is 20.4. The number of esters is 2. The standard InChI is InChI=1S/C31H41B2O10/c1-4-5-6-7-8-10-25-13-14-28(40-16-17-41-30(34)23(2)21-33(37)38)20-29(25)26-11-9-12-27(19-26)39-15-18-42-31(35)24(3)22-43-32-36/h9,11-14,19-20,36-38H,2-8,10,15-18,21-22H2,1H3. The summed E-state index contributed by atoms with van der Waals surface area (Å²) in [6.45, 7) is 9.29. The molecule has 0 aliphatic heterocycles. The van der Waals surface area contributed by atoms with Crippen LogP contribution in [0.4, 0.5) is 0 Å². The molecule has 2 rings (SSSR count). The van der Waals surface area contributed by atoms with E-state index in [9.17, 15) is 9.59 Å². The van der Waals surface area contributed by atoms with Crippen molar-refractivity contribution in [2.75, 3.05) is 33.0 Å². The smallest absolute Gasteiger partial charge is 0.485 e. The van der Waals surface area contributed by atoms with Gasteiger partial charge in [-0.25, -0.2) is 9.59 Å². The van der Waals surface area contributed by atoms with E-state index >= 15 is 0 Å². The van der Waals surface area contributed by atoms with Crippen molar-refractivity contribution in [1.82, 2.24) is 0 Å². The zero-order valence-corrected chi connectivity index (χ0v) is 24.8. The second-order valence-corrected chi connectivity index (χ2v) is 9.79. The summed E-state index contributed by atoms with van der Waals surface area (Å²) in [5.74, 6) is -0.137. The van der Waals surface area contributed by atoms with Crippen LogP contribution in [0.1, 0.15) is 44.6 Å². The lowest BCUT2D eigenvalue weighted by Gasteiger charge is -2.15. The van der Waals surface area contributed by atoms with Crippen molar-refractivity contribution < 1.29 is 48.3 Å². The molecule has 0 heterocycles. The highest BCUT2D eigenvalue weighted by Gasteiger charge is 2.16. The van der Waals surface area contributed by atoms with Gasteiger partial charge >= 0.3 is 26.7 Å². The number of carbonyl (C=O) groups excluding carboxylic acids is 2. The van der Waals surface area contributed by atoms with E-state index < -0.39 is 19.1 Å². The predicted molar refractivity (Wildman–Crippen MR) is 164 cm³/mol. The molecule has 0 bridgehead atoms. The summed E-state index contributed by atoms with van der Waals surface area (Å²) in [5.41, 5.74) is 3.13. The molecule has 2 aromatic rings. The summed E-state index contributed by atoms with van der Waals surface area (Å²) in [6.07, 6.45) is 6.42. The molecular formula is C31H41B2O10. The van der Waals surface area contributed by atoms with Crippen LogP contribution in [0.2, 0.25) is 6.32 Å². The van der Waals surface area contributed by atoms with Gasteiger partial charge in [0, 0.05) is 11.9 Å². The third-order valence-corrected chi connectivity index (χ3v) is 6.28. The van der Waals surface area contributed by atoms with Crippen molar-refractivity contribution in [3.63, 3.8) is 0 Å². The molecule has 0 saturated heterocycles. The molecule has 12 heteroatoms. The van der Waals surface area contributed by atoms with Gasteiger partial charge in [0.1, 0.15) is 37.9 Å². The Labute approximate surface area is 254 Å². The molecule has 0 aliphatic rings. The number of aryl methyl sites for hydroxylation is 1. The molecule has 0 fully saturated rings. The quantitative estimate of drug-likeness (QED) is 0.0796. The fourth-order valence-electron chi connectivity index (χ4n) is 4.10. The van der Waals surface area contributed by atoms with Gasteiger partial charge in [0.05, 0.1) is 12.2 Å². The first-order valence-electron chi connectivity index (χ1n) is 14.4. The molecule has 0 aromatic heterocycles. The Balaban J connectivity index is 2.04. The molecule has 231 valence electrons. The average Bonchev–Trinajstić information content (AvgIpc) is 3.00. The Morgan fingerprint density at radius 2 is 1.49 bits per heavy atom. The number of ether oxygens (including phenoxy) is 4. The van der Waals surface area contributed by atoms with E-state index in [1.165, 1.54) is 24.8 Å². The third-order valence-electron chi connectivity index (χ3n) is 6.28. The maximum Gasteiger partial charge on any atom is 0.485 e. The van der Waals surface area contributed by atoms with E-state index in [0.29, 0.717) is 19.2 Å². The van der Waals surface area contributed by atoms with E-state index in [1.807, 2.05) is 42.5 Å². The third kappa shape index (κ3) is 14.0. The van der Waals surface area contributed by atoms with Crippen molar-refractivity contribution in [3.8, 4) is 22.6 Å². The highest BCUT2D eigenvalue weighted by Crippen LogP contribution is 2.32. The summed E-state index contributed by atoms with van der Waals surface area (Å²) in [5, 5.41) is 26.5. The Morgan fingerprint density at radius 3 is 2.14 bits per heavy atom. The molecule has 0 saturated carbocycles. The zero-order chi connectivity index (χ0) is 31.5. The fraction of sp³-hybridized carbons (Fsp3) is 0.419. The number of rotatable bonds is 22. The van der Waals surface area contributed by atoms with Gasteiger partial charge in [0.2, 0.25) is 0 Å². The number of hydrogen-bond donors (Lipinski definition) is 3. The van der Waals surface area contributed by atoms with Crippen LogP contribution in [0.25, 0.3) is 11.1 Å². The Morgan fingerprint density at radius 1 is 0.837 bits per heavy atom. The van der Waals surface area contributed by atoms with Gasteiger partial charge in [-0.3, -0.25) is 0 Å². The molecule has 0 aliphatic carbocycles. The van der Waals surface area contributed by atoms with Crippen molar-refractivity contribution in [2.45, 2.75) is 51.8 Å². The highest BCUT2D eigenvalue weighted by atomic mass is 16.6. The van der Waals surface area contributed by atoms with Gasteiger partial charge in [-0.1, -0.05) is 64.0 Å². The van der Waals surface area contributed by atoms with E-state index in [1.54, 1.807) is 0 Å². The van der Waals surface area contributed by atoms with Crippen LogP contribution in [0, 0.1) is 0 Å². The molecule has 2 aromatic carbocycles. The Kier molecular flexibility index (Phi) is 16.9. The van der Waals surface area contributed by atoms with Crippen molar-refractivity contribution in [2.24, 2.45) is 0 Å². The molecule has 0 atom stereocenters. The molecule has 1 radical (unpaired) electrons. The van der Waals surface area contributed by atoms with Crippen LogP contribution < -0.4 is 9.47 Å². The SMILES string of the molecule is C=C(CO[B]O)C(=O)OCCOc1cccc(-c2cc(OCCOC(=O)C(=C)CB(O)O)ccc2CCCCCCC)c1. The summed E-state index contributed by atoms with van der Waals surface area (Å²) in [7, 11) is -1.18. The average molecular weight is 595 g/mol. The van der Waals surface area contributed by atoms with E-state index in [2.05, 4.69) is 24.7 Å². The van der Waals surface area contributed by atoms with Gasteiger partial charge in [0.15, 0.2) is 0 Å². The lowest BCUT2D eigenvalue weighted by molar-refractivity contribution is -0.140. The van der Waals surface area contributed by atoms with Gasteiger partial charge < -0.3 is 38.7 Å². The monoisotopic (exact) mass is 595 g/mol. The number of benzene rings is 2. The maximum atomic E-state index is 11.9. The lowest BCUT2D eigenvalue weighted by Crippen LogP contribution is -2.18. The van der Waals surface area contributed by atoms with Crippen LogP contribution in [0.5, 0.6) is 11.5 Å². The van der Waals surface area contributed by atoms with Crippen LogP contribution in [0.3, 0.4) is 0 Å². The van der Waals surface area contributed by atoms with Crippen molar-refractivity contribution in [1.29, 1.82) is 0 Å². The van der Waals surface area contributed by atoms with Crippen LogP contribution in [-0.4, -0.2) is 74.8 Å². The highest BCUT2D eigenvalue weighted by molar-refractivity contribution is 6.43. The molecular weight excluding hydrogens is 554 g/mol. The van der Waals surface area contributed by atoms with E-state index in [0.717, 1.165) is 30.4 Å². The minimum absolute atomic E-state index is 0.00968. The summed E-state index contributed by atoms with van der Waals surface area (Å²) < 4.78 is 26.5. The number of unbranched alkanes of at least 4 members (excludes halogenated alkanes) is 4. The topological polar surface area (TPSA) is 141 Å². The number of carbonyl (C=O) groups is 2. The van der Waals surface area contributed by atoms with E-state index in [4.69, 9.17) is 34.0 Å². The maximum absolute atomic E-state index is 11.9. The van der Waals surface area contributed by atoms with Crippen molar-refractivity contribution in [3.05, 3.63) is 72.3 Å². The summed E-state index contributed by atoms with van der Waals surface area (Å²) in [6, 6.07) is 13.5. The van der Waals surface area contributed by atoms with Crippen LogP contribution >= 0.6 is 0 Å². The van der Waals surface area contributed by atoms with Crippen LogP contribution in [-0.2, 0) is 30.1 Å². The first-order valence-corrected chi connectivity index (χ1v) is 14.4. The molecule has 0 unspecified atom stereocenters. The first-order chi connectivity index (χ1) is 20.7. The normalized spacial score (nSPS) is 10.5. The summed E-state index contributed by atoms with van der Waals surface area (Å²) >= 11 is 0. The molecule has 3 N–H and O–H groups in total. The largest absolute Gasteiger partial charge is 0.490 e. The van der Waals surface area contributed by atoms with Crippen molar-refractivity contribution >= 4 is 26.7 Å². The second-order valence-electron chi connectivity index (χ2n) is 9.79.